The van der Waals surface area contributed by atoms with E-state index in [-0.39, 0.29) is 10.7 Å². The molecule has 22 heavy (non-hydrogen) atoms. The van der Waals surface area contributed by atoms with E-state index in [9.17, 15) is 26.0 Å². The number of alkyl halides is 3. The van der Waals surface area contributed by atoms with Gasteiger partial charge in [0, 0.05) is 0 Å². The van der Waals surface area contributed by atoms with E-state index < -0.39 is 32.5 Å². The SMILES string of the molecule is O=S(=O)(Nc1ccc(F)cc1Cl)c1ccccc1C(F)(F)F. The lowest BCUT2D eigenvalue weighted by molar-refractivity contribution is -0.139. The highest BCUT2D eigenvalue weighted by molar-refractivity contribution is 7.92. The third kappa shape index (κ3) is 3.50. The van der Waals surface area contributed by atoms with E-state index in [0.29, 0.717) is 6.07 Å². The molecule has 2 aromatic rings. The number of halogens is 5. The zero-order valence-corrected chi connectivity index (χ0v) is 12.2. The molecule has 0 saturated heterocycles. The Kier molecular flexibility index (Phi) is 4.35. The summed E-state index contributed by atoms with van der Waals surface area (Å²) >= 11 is 5.66. The number of benzene rings is 2. The minimum Gasteiger partial charge on any atom is -0.278 e. The van der Waals surface area contributed by atoms with Gasteiger partial charge in [-0.1, -0.05) is 23.7 Å². The molecule has 0 amide bonds. The molecule has 118 valence electrons. The first-order valence-corrected chi connectivity index (χ1v) is 7.61. The molecule has 3 nitrogen and oxygen atoms in total. The van der Waals surface area contributed by atoms with E-state index in [2.05, 4.69) is 0 Å². The van der Waals surface area contributed by atoms with Crippen molar-refractivity contribution in [3.63, 3.8) is 0 Å². The predicted octanol–water partition coefficient (Wildman–Crippen LogP) is 4.30. The molecule has 0 saturated carbocycles. The van der Waals surface area contributed by atoms with Gasteiger partial charge in [-0.25, -0.2) is 12.8 Å². The fourth-order valence-electron chi connectivity index (χ4n) is 1.71. The molecule has 0 aromatic heterocycles. The van der Waals surface area contributed by atoms with E-state index in [1.807, 2.05) is 4.72 Å². The Labute approximate surface area is 128 Å². The number of hydrogen-bond donors (Lipinski definition) is 1. The summed E-state index contributed by atoms with van der Waals surface area (Å²) in [6.07, 6.45) is -4.84. The Morgan fingerprint density at radius 1 is 1.05 bits per heavy atom. The average molecular weight is 354 g/mol. The molecule has 0 aliphatic carbocycles. The van der Waals surface area contributed by atoms with E-state index in [4.69, 9.17) is 11.6 Å². The molecule has 2 rings (SSSR count). The highest BCUT2D eigenvalue weighted by atomic mass is 35.5. The number of nitrogens with one attached hydrogen (secondary N) is 1. The minimum absolute atomic E-state index is 0.222. The summed E-state index contributed by atoms with van der Waals surface area (Å²) in [6.45, 7) is 0. The highest BCUT2D eigenvalue weighted by Crippen LogP contribution is 2.35. The molecule has 0 spiro atoms. The number of rotatable bonds is 3. The normalized spacial score (nSPS) is 12.2. The Morgan fingerprint density at radius 3 is 2.27 bits per heavy atom. The topological polar surface area (TPSA) is 46.2 Å². The highest BCUT2D eigenvalue weighted by Gasteiger charge is 2.37. The fourth-order valence-corrected chi connectivity index (χ4v) is 3.29. The lowest BCUT2D eigenvalue weighted by Gasteiger charge is -2.14. The smallest absolute Gasteiger partial charge is 0.278 e. The van der Waals surface area contributed by atoms with Gasteiger partial charge >= 0.3 is 6.18 Å². The fraction of sp³-hybridized carbons (Fsp3) is 0.0769. The van der Waals surface area contributed by atoms with E-state index >= 15 is 0 Å². The summed E-state index contributed by atoms with van der Waals surface area (Å²) in [5, 5.41) is -0.270. The van der Waals surface area contributed by atoms with Crippen molar-refractivity contribution >= 4 is 27.3 Å². The van der Waals surface area contributed by atoms with Crippen molar-refractivity contribution in [1.29, 1.82) is 0 Å². The molecule has 0 aliphatic heterocycles. The summed E-state index contributed by atoms with van der Waals surface area (Å²) in [6, 6.07) is 6.51. The van der Waals surface area contributed by atoms with E-state index in [0.717, 1.165) is 36.4 Å². The first-order chi connectivity index (χ1) is 10.1. The van der Waals surface area contributed by atoms with Gasteiger partial charge in [0.05, 0.1) is 21.2 Å². The van der Waals surface area contributed by atoms with Gasteiger partial charge in [0.25, 0.3) is 10.0 Å². The molecule has 0 heterocycles. The molecule has 0 unspecified atom stereocenters. The standard InChI is InChI=1S/C13H8ClF4NO2S/c14-10-7-8(15)5-6-11(10)19-22(20,21)12-4-2-1-3-9(12)13(16,17)18/h1-7,19H. The monoisotopic (exact) mass is 353 g/mol. The number of sulfonamides is 1. The molecule has 0 aliphatic rings. The Hall–Kier alpha value is -1.80. The van der Waals surface area contributed by atoms with Crippen molar-refractivity contribution in [3.8, 4) is 0 Å². The van der Waals surface area contributed by atoms with Crippen LogP contribution < -0.4 is 4.72 Å². The summed E-state index contributed by atoms with van der Waals surface area (Å²) < 4.78 is 77.8. The van der Waals surface area contributed by atoms with E-state index in [1.165, 1.54) is 0 Å². The third-order valence-electron chi connectivity index (χ3n) is 2.66. The number of anilines is 1. The summed E-state index contributed by atoms with van der Waals surface area (Å²) in [5.74, 6) is -0.705. The van der Waals surface area contributed by atoms with Crippen LogP contribution >= 0.6 is 11.6 Å². The summed E-state index contributed by atoms with van der Waals surface area (Å²) in [7, 11) is -4.54. The quantitative estimate of drug-likeness (QED) is 0.836. The van der Waals surface area contributed by atoms with Crippen LogP contribution in [0.2, 0.25) is 5.02 Å². The van der Waals surface area contributed by atoms with Gasteiger partial charge < -0.3 is 0 Å². The maximum Gasteiger partial charge on any atom is 0.417 e. The molecule has 1 N–H and O–H groups in total. The molecule has 0 atom stereocenters. The predicted molar refractivity (Wildman–Crippen MR) is 73.7 cm³/mol. The Bertz CT molecular complexity index is 806. The minimum atomic E-state index is -4.84. The van der Waals surface area contributed by atoms with Crippen LogP contribution in [0.1, 0.15) is 5.56 Å². The second kappa shape index (κ2) is 5.77. The van der Waals surface area contributed by atoms with Crippen LogP contribution in [0.3, 0.4) is 0 Å². The zero-order valence-electron chi connectivity index (χ0n) is 10.7. The lowest BCUT2D eigenvalue weighted by Crippen LogP contribution is -2.19. The second-order valence-electron chi connectivity index (χ2n) is 4.22. The van der Waals surface area contributed by atoms with Crippen molar-refractivity contribution in [3.05, 3.63) is 58.9 Å². The second-order valence-corrected chi connectivity index (χ2v) is 6.28. The van der Waals surface area contributed by atoms with Crippen LogP contribution in [-0.2, 0) is 16.2 Å². The maximum absolute atomic E-state index is 12.9. The van der Waals surface area contributed by atoms with Crippen LogP contribution in [0.4, 0.5) is 23.2 Å². The van der Waals surface area contributed by atoms with Gasteiger partial charge in [-0.15, -0.1) is 0 Å². The third-order valence-corrected chi connectivity index (χ3v) is 4.39. The van der Waals surface area contributed by atoms with Gasteiger partial charge in [-0.2, -0.15) is 13.2 Å². The largest absolute Gasteiger partial charge is 0.417 e. The van der Waals surface area contributed by atoms with Crippen molar-refractivity contribution < 1.29 is 26.0 Å². The molecule has 0 radical (unpaired) electrons. The van der Waals surface area contributed by atoms with Crippen LogP contribution in [0.15, 0.2) is 47.4 Å². The van der Waals surface area contributed by atoms with Crippen molar-refractivity contribution in [2.24, 2.45) is 0 Å². The molecule has 0 fully saturated rings. The first kappa shape index (κ1) is 16.6. The van der Waals surface area contributed by atoms with Crippen molar-refractivity contribution in [2.45, 2.75) is 11.1 Å². The van der Waals surface area contributed by atoms with Crippen molar-refractivity contribution in [1.82, 2.24) is 0 Å². The Balaban J connectivity index is 2.48. The zero-order chi connectivity index (χ0) is 16.5. The van der Waals surface area contributed by atoms with Crippen LogP contribution in [0.5, 0.6) is 0 Å². The van der Waals surface area contributed by atoms with Gasteiger partial charge in [-0.3, -0.25) is 4.72 Å². The van der Waals surface area contributed by atoms with Crippen molar-refractivity contribution in [2.75, 3.05) is 4.72 Å². The van der Waals surface area contributed by atoms with Crippen LogP contribution in [-0.4, -0.2) is 8.42 Å². The average Bonchev–Trinajstić information content (AvgIpc) is 2.41. The summed E-state index contributed by atoms with van der Waals surface area (Å²) in [5.41, 5.74) is -1.53. The molecule has 0 bridgehead atoms. The Morgan fingerprint density at radius 2 is 1.68 bits per heavy atom. The van der Waals surface area contributed by atoms with Gasteiger partial charge in [-0.05, 0) is 30.3 Å². The van der Waals surface area contributed by atoms with Crippen LogP contribution in [0.25, 0.3) is 0 Å². The van der Waals surface area contributed by atoms with E-state index in [1.54, 1.807) is 0 Å². The van der Waals surface area contributed by atoms with Crippen LogP contribution in [0, 0.1) is 5.82 Å². The number of hydrogen-bond acceptors (Lipinski definition) is 2. The van der Waals surface area contributed by atoms with Gasteiger partial charge in [0.15, 0.2) is 0 Å². The molecular formula is C13H8ClF4NO2S. The molecule has 2 aromatic carbocycles. The van der Waals surface area contributed by atoms with Gasteiger partial charge in [0.2, 0.25) is 0 Å². The van der Waals surface area contributed by atoms with Gasteiger partial charge in [0.1, 0.15) is 5.82 Å². The lowest BCUT2D eigenvalue weighted by atomic mass is 10.2. The first-order valence-electron chi connectivity index (χ1n) is 5.75. The summed E-state index contributed by atoms with van der Waals surface area (Å²) in [4.78, 5) is -0.942. The maximum atomic E-state index is 12.9. The molecule has 9 heteroatoms. The molecular weight excluding hydrogens is 346 g/mol.